The van der Waals surface area contributed by atoms with Crippen LogP contribution >= 0.6 is 0 Å². The first-order chi connectivity index (χ1) is 4.72. The van der Waals surface area contributed by atoms with Crippen LogP contribution < -0.4 is 11.5 Å². The predicted molar refractivity (Wildman–Crippen MR) is 35.9 cm³/mol. The monoisotopic (exact) mass is 136 g/mol. The van der Waals surface area contributed by atoms with E-state index in [1.54, 1.807) is 0 Å². The molecule has 0 saturated heterocycles. The first kappa shape index (κ1) is 8.32. The molecule has 0 fully saturated rings. The van der Waals surface area contributed by atoms with E-state index in [1.165, 1.54) is 0 Å². The lowest BCUT2D eigenvalue weighted by Gasteiger charge is -1.97. The predicted octanol–water partition coefficient (Wildman–Crippen LogP) is -0.0572. The molecule has 0 aromatic carbocycles. The second-order valence-electron chi connectivity index (χ2n) is 1.72. The summed E-state index contributed by atoms with van der Waals surface area (Å²) in [6.07, 6.45) is 0.182. The SMILES string of the molecule is N#CC/C(N)=C(/N)CC#N. The molecule has 52 valence electrons. The van der Waals surface area contributed by atoms with Crippen LogP contribution in [0.4, 0.5) is 0 Å². The van der Waals surface area contributed by atoms with Crippen LogP contribution in [0.1, 0.15) is 12.8 Å². The zero-order valence-electron chi connectivity index (χ0n) is 5.46. The first-order valence-corrected chi connectivity index (χ1v) is 2.69. The summed E-state index contributed by atoms with van der Waals surface area (Å²) in [6.45, 7) is 0. The van der Waals surface area contributed by atoms with Gasteiger partial charge in [-0.3, -0.25) is 0 Å². The van der Waals surface area contributed by atoms with Crippen molar-refractivity contribution in [2.75, 3.05) is 0 Å². The van der Waals surface area contributed by atoms with Gasteiger partial charge in [0.2, 0.25) is 0 Å². The molecule has 0 radical (unpaired) electrons. The van der Waals surface area contributed by atoms with Crippen LogP contribution in [0.2, 0.25) is 0 Å². The minimum absolute atomic E-state index is 0.0908. The fourth-order valence-corrected chi connectivity index (χ4v) is 0.397. The van der Waals surface area contributed by atoms with Gasteiger partial charge in [0.15, 0.2) is 0 Å². The fourth-order valence-electron chi connectivity index (χ4n) is 0.397. The van der Waals surface area contributed by atoms with Crippen molar-refractivity contribution in [2.45, 2.75) is 12.8 Å². The Kier molecular flexibility index (Phi) is 3.51. The molecule has 0 aliphatic rings. The van der Waals surface area contributed by atoms with Gasteiger partial charge in [-0.05, 0) is 0 Å². The molecule has 10 heavy (non-hydrogen) atoms. The van der Waals surface area contributed by atoms with Gasteiger partial charge in [-0.2, -0.15) is 10.5 Å². The summed E-state index contributed by atoms with van der Waals surface area (Å²) in [5.74, 6) is 0. The Bertz CT molecular complexity index is 191. The summed E-state index contributed by atoms with van der Waals surface area (Å²) in [7, 11) is 0. The number of allylic oxidation sites excluding steroid dienone is 2. The number of nitriles is 2. The van der Waals surface area contributed by atoms with E-state index in [1.807, 2.05) is 12.1 Å². The fraction of sp³-hybridized carbons (Fsp3) is 0.333. The van der Waals surface area contributed by atoms with Gasteiger partial charge in [0.05, 0.1) is 25.0 Å². The molecule has 0 rings (SSSR count). The molecule has 0 aromatic heterocycles. The molecule has 0 unspecified atom stereocenters. The molecule has 0 heterocycles. The molecule has 0 amide bonds. The van der Waals surface area contributed by atoms with Crippen LogP contribution in [-0.2, 0) is 0 Å². The van der Waals surface area contributed by atoms with Crippen LogP contribution in [0.25, 0.3) is 0 Å². The molecule has 0 saturated carbocycles. The summed E-state index contributed by atoms with van der Waals surface area (Å²) in [5, 5.41) is 16.3. The normalized spacial score (nSPS) is 11.0. The lowest BCUT2D eigenvalue weighted by molar-refractivity contribution is 1.04. The van der Waals surface area contributed by atoms with Crippen LogP contribution in [0.15, 0.2) is 11.4 Å². The minimum atomic E-state index is 0.0908. The quantitative estimate of drug-likeness (QED) is 0.555. The van der Waals surface area contributed by atoms with E-state index in [2.05, 4.69) is 0 Å². The summed E-state index contributed by atoms with van der Waals surface area (Å²) in [5.41, 5.74) is 11.2. The van der Waals surface area contributed by atoms with E-state index in [-0.39, 0.29) is 12.8 Å². The number of nitrogens with zero attached hydrogens (tertiary/aromatic N) is 2. The Morgan fingerprint density at radius 2 is 1.30 bits per heavy atom. The maximum atomic E-state index is 8.15. The summed E-state index contributed by atoms with van der Waals surface area (Å²) in [4.78, 5) is 0. The van der Waals surface area contributed by atoms with Crippen molar-refractivity contribution >= 4 is 0 Å². The topological polar surface area (TPSA) is 99.6 Å². The maximum Gasteiger partial charge on any atom is 0.0764 e. The minimum Gasteiger partial charge on any atom is -0.400 e. The van der Waals surface area contributed by atoms with Gasteiger partial charge in [-0.1, -0.05) is 0 Å². The number of hydrogen-bond acceptors (Lipinski definition) is 4. The van der Waals surface area contributed by atoms with Crippen molar-refractivity contribution in [3.05, 3.63) is 11.4 Å². The van der Waals surface area contributed by atoms with E-state index < -0.39 is 0 Å². The van der Waals surface area contributed by atoms with Crippen molar-refractivity contribution in [1.82, 2.24) is 0 Å². The van der Waals surface area contributed by atoms with Crippen molar-refractivity contribution in [1.29, 1.82) is 10.5 Å². The summed E-state index contributed by atoms with van der Waals surface area (Å²) >= 11 is 0. The van der Waals surface area contributed by atoms with Gasteiger partial charge in [0.1, 0.15) is 0 Å². The number of rotatable bonds is 2. The average molecular weight is 136 g/mol. The first-order valence-electron chi connectivity index (χ1n) is 2.69. The van der Waals surface area contributed by atoms with E-state index >= 15 is 0 Å². The second-order valence-corrected chi connectivity index (χ2v) is 1.72. The van der Waals surface area contributed by atoms with Gasteiger partial charge in [-0.15, -0.1) is 0 Å². The van der Waals surface area contributed by atoms with Crippen molar-refractivity contribution in [3.63, 3.8) is 0 Å². The Labute approximate surface area is 59.3 Å². The largest absolute Gasteiger partial charge is 0.400 e. The van der Waals surface area contributed by atoms with E-state index in [4.69, 9.17) is 22.0 Å². The van der Waals surface area contributed by atoms with Gasteiger partial charge in [-0.25, -0.2) is 0 Å². The highest BCUT2D eigenvalue weighted by Crippen LogP contribution is 1.98. The van der Waals surface area contributed by atoms with Gasteiger partial charge in [0.25, 0.3) is 0 Å². The van der Waals surface area contributed by atoms with Crippen LogP contribution in [0.5, 0.6) is 0 Å². The third-order valence-electron chi connectivity index (χ3n) is 0.951. The van der Waals surface area contributed by atoms with Crippen molar-refractivity contribution < 1.29 is 0 Å². The molecular formula is C6H8N4. The molecule has 0 bridgehead atoms. The smallest absolute Gasteiger partial charge is 0.0764 e. The molecule has 0 aliphatic carbocycles. The zero-order valence-corrected chi connectivity index (χ0v) is 5.46. The maximum absolute atomic E-state index is 8.15. The summed E-state index contributed by atoms with van der Waals surface area (Å²) in [6, 6.07) is 3.67. The molecule has 0 atom stereocenters. The molecule has 0 aromatic rings. The number of nitrogens with two attached hydrogens (primary N) is 2. The van der Waals surface area contributed by atoms with Gasteiger partial charge < -0.3 is 11.5 Å². The van der Waals surface area contributed by atoms with Gasteiger partial charge >= 0.3 is 0 Å². The van der Waals surface area contributed by atoms with Crippen molar-refractivity contribution in [3.8, 4) is 12.1 Å². The van der Waals surface area contributed by atoms with E-state index in [0.717, 1.165) is 0 Å². The molecule has 4 N–H and O–H groups in total. The highest BCUT2D eigenvalue weighted by Gasteiger charge is 1.95. The van der Waals surface area contributed by atoms with Crippen LogP contribution in [-0.4, -0.2) is 0 Å². The van der Waals surface area contributed by atoms with E-state index in [0.29, 0.717) is 11.4 Å². The van der Waals surface area contributed by atoms with E-state index in [9.17, 15) is 0 Å². The molecule has 0 spiro atoms. The molecule has 4 heteroatoms. The number of hydrogen-bond donors (Lipinski definition) is 2. The third kappa shape index (κ3) is 2.58. The Hall–Kier alpha value is -1.68. The Morgan fingerprint density at radius 1 is 1.00 bits per heavy atom. The third-order valence-corrected chi connectivity index (χ3v) is 0.951. The Balaban J connectivity index is 4.11. The van der Waals surface area contributed by atoms with Crippen LogP contribution in [0, 0.1) is 22.7 Å². The second kappa shape index (κ2) is 4.22. The lowest BCUT2D eigenvalue weighted by atomic mass is 10.2. The molecule has 4 nitrogen and oxygen atoms in total. The van der Waals surface area contributed by atoms with Gasteiger partial charge in [0, 0.05) is 11.4 Å². The molecular weight excluding hydrogens is 128 g/mol. The molecule has 0 aliphatic heterocycles. The highest BCUT2D eigenvalue weighted by atomic mass is 14.7. The lowest BCUT2D eigenvalue weighted by Crippen LogP contribution is -2.08. The van der Waals surface area contributed by atoms with Crippen molar-refractivity contribution in [2.24, 2.45) is 11.5 Å². The average Bonchev–Trinajstić information content (AvgIpc) is 1.89. The Morgan fingerprint density at radius 3 is 1.50 bits per heavy atom. The van der Waals surface area contributed by atoms with Crippen LogP contribution in [0.3, 0.4) is 0 Å². The highest BCUT2D eigenvalue weighted by molar-refractivity contribution is 5.14. The summed E-state index contributed by atoms with van der Waals surface area (Å²) < 4.78 is 0. The standard InChI is InChI=1S/C6H8N4/c7-3-1-5(9)6(10)2-4-8/h1-2,9-10H2/b6-5-. The zero-order chi connectivity index (χ0) is 7.98.